The molecule has 5 rings (SSSR count). The summed E-state index contributed by atoms with van der Waals surface area (Å²) in [4.78, 5) is 22.9. The predicted octanol–water partition coefficient (Wildman–Crippen LogP) is 4.38. The van der Waals surface area contributed by atoms with E-state index in [0.717, 1.165) is 17.8 Å². The number of hydrogen-bond acceptors (Lipinski definition) is 8. The molecule has 210 valence electrons. The molecule has 0 radical (unpaired) electrons. The molecule has 0 N–H and O–H groups in total. The summed E-state index contributed by atoms with van der Waals surface area (Å²) in [6.07, 6.45) is 0.851. The first-order valence-electron chi connectivity index (χ1n) is 12.8. The van der Waals surface area contributed by atoms with Crippen molar-refractivity contribution in [1.82, 2.24) is 14.2 Å². The highest BCUT2D eigenvalue weighted by Gasteiger charge is 2.35. The lowest BCUT2D eigenvalue weighted by Gasteiger charge is -2.34. The van der Waals surface area contributed by atoms with E-state index in [1.54, 1.807) is 36.3 Å². The lowest BCUT2D eigenvalue weighted by atomic mass is 9.96. The summed E-state index contributed by atoms with van der Waals surface area (Å²) in [5.74, 6) is 0.217. The van der Waals surface area contributed by atoms with Gasteiger partial charge in [0, 0.05) is 50.2 Å². The molecule has 2 aromatic carbocycles. The van der Waals surface area contributed by atoms with Crippen molar-refractivity contribution in [2.75, 3.05) is 64.5 Å². The van der Waals surface area contributed by atoms with Gasteiger partial charge in [-0.1, -0.05) is 34.5 Å². The van der Waals surface area contributed by atoms with Gasteiger partial charge < -0.3 is 9.47 Å². The first-order chi connectivity index (χ1) is 18.8. The van der Waals surface area contributed by atoms with Crippen molar-refractivity contribution >= 4 is 65.8 Å². The molecule has 2 aliphatic rings. The smallest absolute Gasteiger partial charge is 0.243 e. The zero-order valence-corrected chi connectivity index (χ0v) is 24.7. The Morgan fingerprint density at radius 3 is 2.46 bits per heavy atom. The van der Waals surface area contributed by atoms with Crippen molar-refractivity contribution in [3.63, 3.8) is 0 Å². The maximum atomic E-state index is 14.0. The Kier molecular flexibility index (Phi) is 8.97. The molecule has 0 atom stereocenters. The summed E-state index contributed by atoms with van der Waals surface area (Å²) in [5, 5.41) is 1.59. The van der Waals surface area contributed by atoms with E-state index >= 15 is 0 Å². The van der Waals surface area contributed by atoms with E-state index in [1.807, 2.05) is 0 Å². The number of rotatable bonds is 8. The van der Waals surface area contributed by atoms with Gasteiger partial charge in [-0.3, -0.25) is 14.6 Å². The van der Waals surface area contributed by atoms with Crippen molar-refractivity contribution in [3.8, 4) is 5.75 Å². The second-order valence-corrected chi connectivity index (χ2v) is 13.3. The molecule has 3 aromatic rings. The number of carbonyl (C=O) groups excluding carboxylic acids is 1. The van der Waals surface area contributed by atoms with Crippen LogP contribution in [0.2, 0.25) is 10.0 Å². The van der Waals surface area contributed by atoms with Gasteiger partial charge in [0.2, 0.25) is 15.9 Å². The minimum absolute atomic E-state index is 0.0547. The molecule has 0 saturated carbocycles. The third-order valence-corrected chi connectivity index (χ3v) is 10.9. The van der Waals surface area contributed by atoms with Crippen LogP contribution in [0.3, 0.4) is 0 Å². The number of methoxy groups -OCH3 is 1. The maximum absolute atomic E-state index is 14.0. The monoisotopic (exact) mass is 612 g/mol. The van der Waals surface area contributed by atoms with Gasteiger partial charge in [-0.2, -0.15) is 4.31 Å². The van der Waals surface area contributed by atoms with E-state index in [9.17, 15) is 13.2 Å². The first kappa shape index (κ1) is 28.5. The third-order valence-electron chi connectivity index (χ3n) is 7.16. The molecule has 0 spiro atoms. The number of benzene rings is 2. The molecule has 2 aliphatic heterocycles. The normalized spacial score (nSPS) is 17.9. The van der Waals surface area contributed by atoms with Gasteiger partial charge in [0.1, 0.15) is 11.3 Å². The Hall–Kier alpha value is -1.99. The molecule has 0 bridgehead atoms. The summed E-state index contributed by atoms with van der Waals surface area (Å²) in [6.45, 7) is 4.62. The molecule has 13 heteroatoms. The van der Waals surface area contributed by atoms with Gasteiger partial charge in [0.15, 0.2) is 5.13 Å². The fourth-order valence-corrected chi connectivity index (χ4v) is 7.79. The fraction of sp³-hybridized carbons (Fsp3) is 0.462. The van der Waals surface area contributed by atoms with E-state index in [1.165, 1.54) is 27.8 Å². The molecule has 1 aromatic heterocycles. The lowest BCUT2D eigenvalue weighted by molar-refractivity contribution is -0.123. The number of fused-ring (bicyclic) bond motifs is 1. The number of anilines is 1. The van der Waals surface area contributed by atoms with Crippen LogP contribution in [0, 0.1) is 5.92 Å². The van der Waals surface area contributed by atoms with E-state index in [-0.39, 0.29) is 29.8 Å². The predicted molar refractivity (Wildman–Crippen MR) is 154 cm³/mol. The van der Waals surface area contributed by atoms with Crippen LogP contribution in [-0.4, -0.2) is 88.1 Å². The summed E-state index contributed by atoms with van der Waals surface area (Å²) < 4.78 is 39.4. The number of hydrogen-bond donors (Lipinski definition) is 0. The van der Waals surface area contributed by atoms with Crippen LogP contribution in [-0.2, 0) is 19.6 Å². The van der Waals surface area contributed by atoms with Crippen molar-refractivity contribution in [1.29, 1.82) is 0 Å². The zero-order valence-electron chi connectivity index (χ0n) is 21.5. The Labute approximate surface area is 242 Å². The highest BCUT2D eigenvalue weighted by Crippen LogP contribution is 2.39. The van der Waals surface area contributed by atoms with Crippen LogP contribution in [0.4, 0.5) is 5.13 Å². The molecule has 0 unspecified atom stereocenters. The number of sulfonamides is 1. The number of amides is 1. The molecular weight excluding hydrogens is 583 g/mol. The van der Waals surface area contributed by atoms with Crippen molar-refractivity contribution in [3.05, 3.63) is 46.4 Å². The number of thiazole rings is 1. The molecule has 3 heterocycles. The van der Waals surface area contributed by atoms with Crippen molar-refractivity contribution < 1.29 is 22.7 Å². The first-order valence-corrected chi connectivity index (χ1v) is 15.8. The second-order valence-electron chi connectivity index (χ2n) is 9.50. The summed E-state index contributed by atoms with van der Waals surface area (Å²) >= 11 is 13.8. The number of halogens is 2. The average molecular weight is 614 g/mol. The zero-order chi connectivity index (χ0) is 27.6. The molecule has 2 saturated heterocycles. The number of aromatic nitrogens is 1. The summed E-state index contributed by atoms with van der Waals surface area (Å²) in [6, 6.07) is 9.68. The van der Waals surface area contributed by atoms with E-state index in [2.05, 4.69) is 4.90 Å². The molecule has 1 amide bonds. The highest BCUT2D eigenvalue weighted by molar-refractivity contribution is 7.89. The number of nitrogens with zero attached hydrogens (tertiary/aromatic N) is 4. The largest absolute Gasteiger partial charge is 0.494 e. The van der Waals surface area contributed by atoms with Gasteiger partial charge in [0.25, 0.3) is 0 Å². The van der Waals surface area contributed by atoms with Crippen LogP contribution in [0.1, 0.15) is 12.8 Å². The van der Waals surface area contributed by atoms with Gasteiger partial charge in [0.05, 0.1) is 34.9 Å². The maximum Gasteiger partial charge on any atom is 0.243 e. The number of ether oxygens (including phenoxy) is 2. The number of carbonyl (C=O) groups is 1. The van der Waals surface area contributed by atoms with Gasteiger partial charge >= 0.3 is 0 Å². The standard InChI is InChI=1S/C26H30Cl2N4O5S2/c1-36-22-7-6-21(28)24-23(22)29-26(38-24)32(13-12-30-14-16-37-17-15-30)25(33)18-8-10-31(11-9-18)39(34,35)20-4-2-19(27)3-5-20/h2-7,18H,8-17H2,1H3. The Balaban J connectivity index is 1.35. The minimum atomic E-state index is -3.66. The van der Waals surface area contributed by atoms with E-state index in [4.69, 9.17) is 37.7 Å². The van der Waals surface area contributed by atoms with Crippen LogP contribution >= 0.6 is 34.5 Å². The van der Waals surface area contributed by atoms with Gasteiger partial charge in [-0.15, -0.1) is 0 Å². The Bertz CT molecular complexity index is 1420. The van der Waals surface area contributed by atoms with Crippen LogP contribution in [0.15, 0.2) is 41.3 Å². The molecule has 0 aliphatic carbocycles. The second kappa shape index (κ2) is 12.3. The van der Waals surface area contributed by atoms with Crippen molar-refractivity contribution in [2.24, 2.45) is 5.92 Å². The molecule has 39 heavy (non-hydrogen) atoms. The van der Waals surface area contributed by atoms with E-state index in [0.29, 0.717) is 65.6 Å². The molecular formula is C26H30Cl2N4O5S2. The van der Waals surface area contributed by atoms with E-state index < -0.39 is 10.0 Å². The van der Waals surface area contributed by atoms with Gasteiger partial charge in [-0.05, 0) is 49.2 Å². The topological polar surface area (TPSA) is 92.3 Å². The van der Waals surface area contributed by atoms with Crippen molar-refractivity contribution in [2.45, 2.75) is 17.7 Å². The minimum Gasteiger partial charge on any atom is -0.494 e. The average Bonchev–Trinajstić information content (AvgIpc) is 3.40. The highest BCUT2D eigenvalue weighted by atomic mass is 35.5. The SMILES string of the molecule is COc1ccc(Cl)c2sc(N(CCN3CCOCC3)C(=O)C3CCN(S(=O)(=O)c4ccc(Cl)cc4)CC3)nc12. The summed E-state index contributed by atoms with van der Waals surface area (Å²) in [5.41, 5.74) is 0.623. The number of morpholine rings is 1. The lowest BCUT2D eigenvalue weighted by Crippen LogP contribution is -2.47. The van der Waals surface area contributed by atoms with Gasteiger partial charge in [-0.25, -0.2) is 13.4 Å². The quantitative estimate of drug-likeness (QED) is 0.373. The third kappa shape index (κ3) is 6.19. The molecule has 9 nitrogen and oxygen atoms in total. The molecule has 2 fully saturated rings. The number of piperidine rings is 1. The summed E-state index contributed by atoms with van der Waals surface area (Å²) in [7, 11) is -2.08. The Morgan fingerprint density at radius 1 is 1.10 bits per heavy atom. The van der Waals surface area contributed by atoms with Crippen LogP contribution in [0.25, 0.3) is 10.2 Å². The van der Waals surface area contributed by atoms with Crippen LogP contribution in [0.5, 0.6) is 5.75 Å². The van der Waals surface area contributed by atoms with Crippen LogP contribution < -0.4 is 9.64 Å². The fourth-order valence-electron chi connectivity index (χ4n) is 4.91. The Morgan fingerprint density at radius 2 is 1.79 bits per heavy atom.